The van der Waals surface area contributed by atoms with Gasteiger partial charge in [-0.25, -0.2) is 13.9 Å². The van der Waals surface area contributed by atoms with Crippen LogP contribution in [0.15, 0.2) is 6.20 Å². The largest absolute Gasteiger partial charge is 0.463 e. The molecule has 0 unspecified atom stereocenters. The van der Waals surface area contributed by atoms with Gasteiger partial charge in [0.05, 0.1) is 43.7 Å². The fourth-order valence-corrected chi connectivity index (χ4v) is 8.07. The minimum atomic E-state index is -0.916. The molecule has 3 aliphatic heterocycles. The zero-order chi connectivity index (χ0) is 28.8. The predicted octanol–water partition coefficient (Wildman–Crippen LogP) is 2.97. The molecule has 3 aromatic rings. The van der Waals surface area contributed by atoms with Crippen LogP contribution in [-0.4, -0.2) is 70.5 Å². The number of nitriles is 1. The number of nitrogens with zero attached hydrogens (tertiary/aromatic N) is 9. The average molecular weight is 590 g/mol. The number of nitrogens with one attached hydrogen (secondary N) is 1. The molecule has 0 aromatic carbocycles. The summed E-state index contributed by atoms with van der Waals surface area (Å²) in [4.78, 5) is 18.8. The van der Waals surface area contributed by atoms with Gasteiger partial charge >= 0.3 is 6.01 Å². The van der Waals surface area contributed by atoms with Crippen LogP contribution < -0.4 is 25.6 Å². The molecule has 1 spiro atoms. The first-order valence-electron chi connectivity index (χ1n) is 14.4. The van der Waals surface area contributed by atoms with Crippen molar-refractivity contribution in [2.75, 3.05) is 54.9 Å². The Labute approximate surface area is 247 Å². The van der Waals surface area contributed by atoms with E-state index in [1.807, 2.05) is 4.68 Å². The molecule has 218 valence electrons. The summed E-state index contributed by atoms with van der Waals surface area (Å²) in [5.41, 5.74) is 9.01. The maximum atomic E-state index is 14.4. The van der Waals surface area contributed by atoms with Gasteiger partial charge in [0.1, 0.15) is 28.9 Å². The van der Waals surface area contributed by atoms with Crippen LogP contribution in [0.25, 0.3) is 4.85 Å². The summed E-state index contributed by atoms with van der Waals surface area (Å²) in [5, 5.41) is 21.7. The Balaban J connectivity index is 1.20. The number of anilines is 3. The van der Waals surface area contributed by atoms with Crippen LogP contribution in [0.4, 0.5) is 26.7 Å². The third kappa shape index (κ3) is 4.59. The van der Waals surface area contributed by atoms with Crippen molar-refractivity contribution in [3.05, 3.63) is 39.3 Å². The van der Waals surface area contributed by atoms with Crippen molar-refractivity contribution < 1.29 is 9.13 Å². The number of nitrogen functional groups attached to an aromatic ring is 1. The molecular weight excluding hydrogens is 557 g/mol. The predicted molar refractivity (Wildman–Crippen MR) is 156 cm³/mol. The van der Waals surface area contributed by atoms with E-state index >= 15 is 0 Å². The zero-order valence-corrected chi connectivity index (χ0v) is 24.0. The maximum Gasteiger partial charge on any atom is 0.317 e. The lowest BCUT2D eigenvalue weighted by molar-refractivity contribution is 0.166. The van der Waals surface area contributed by atoms with Gasteiger partial charge in [-0.05, 0) is 50.1 Å². The van der Waals surface area contributed by atoms with E-state index in [-0.39, 0.29) is 17.3 Å². The Morgan fingerprint density at radius 2 is 2.12 bits per heavy atom. The van der Waals surface area contributed by atoms with Gasteiger partial charge in [-0.15, -0.1) is 16.4 Å². The van der Waals surface area contributed by atoms with E-state index in [9.17, 15) is 9.65 Å². The highest BCUT2D eigenvalue weighted by Crippen LogP contribution is 2.54. The number of fused-ring (bicyclic) bond motifs is 3. The number of rotatable bonds is 5. The van der Waals surface area contributed by atoms with Gasteiger partial charge in [0.15, 0.2) is 0 Å². The Bertz CT molecular complexity index is 1580. The monoisotopic (exact) mass is 589 g/mol. The second-order valence-electron chi connectivity index (χ2n) is 11.7. The quantitative estimate of drug-likeness (QED) is 0.427. The molecule has 6 heterocycles. The highest BCUT2D eigenvalue weighted by molar-refractivity contribution is 7.16. The number of hydrogen-bond acceptors (Lipinski definition) is 11. The SMILES string of the molecule is [C-]#[N+]c1c(N2CCn3nncc3C2)nc(OC[C@@H]2CCCNC[C@H](F)C2)nc1N1CC2(CCc3sc(N)c(C#N)c32)C1. The van der Waals surface area contributed by atoms with Crippen molar-refractivity contribution in [1.82, 2.24) is 30.3 Å². The number of thiophene rings is 1. The summed E-state index contributed by atoms with van der Waals surface area (Å²) < 4.78 is 22.5. The lowest BCUT2D eigenvalue weighted by atomic mass is 9.74. The first-order chi connectivity index (χ1) is 20.5. The van der Waals surface area contributed by atoms with Crippen molar-refractivity contribution in [1.29, 1.82) is 5.26 Å². The van der Waals surface area contributed by atoms with Gasteiger partial charge in [-0.2, -0.15) is 15.2 Å². The molecule has 0 radical (unpaired) electrons. The molecule has 4 aliphatic rings. The standard InChI is InChI=1S/C28H32FN11OS/c1-32-23-25(38-7-8-40-19(13-38)12-34-37-40)35-27(41-14-17-3-2-6-33-11-18(29)9-17)36-26(23)39-15-28(16-39)5-4-21-22(28)20(10-30)24(31)42-21/h12,17-18,33H,2-9,11,13-16,31H2/t17-,18-/m1/s1. The molecular formula is C28H32FN11OS. The Morgan fingerprint density at radius 3 is 2.93 bits per heavy atom. The molecule has 2 fully saturated rings. The zero-order valence-electron chi connectivity index (χ0n) is 23.2. The molecule has 7 rings (SSSR count). The third-order valence-electron chi connectivity index (χ3n) is 9.01. The Hall–Kier alpha value is -4.01. The number of ether oxygens (including phenoxy) is 1. The Morgan fingerprint density at radius 1 is 1.29 bits per heavy atom. The van der Waals surface area contributed by atoms with Crippen molar-refractivity contribution in [3.63, 3.8) is 0 Å². The second kappa shape index (κ2) is 10.7. The van der Waals surface area contributed by atoms with Crippen molar-refractivity contribution in [2.45, 2.75) is 56.8 Å². The van der Waals surface area contributed by atoms with E-state index in [2.05, 4.69) is 36.3 Å². The summed E-state index contributed by atoms with van der Waals surface area (Å²) in [6.45, 7) is 12.7. The van der Waals surface area contributed by atoms with E-state index in [1.54, 1.807) is 6.20 Å². The van der Waals surface area contributed by atoms with Gasteiger partial charge in [0.2, 0.25) is 0 Å². The van der Waals surface area contributed by atoms with E-state index in [4.69, 9.17) is 27.0 Å². The van der Waals surface area contributed by atoms with Crippen molar-refractivity contribution in [3.8, 4) is 12.1 Å². The van der Waals surface area contributed by atoms with Gasteiger partial charge in [-0.3, -0.25) is 0 Å². The van der Waals surface area contributed by atoms with Gasteiger partial charge in [0.25, 0.3) is 5.69 Å². The van der Waals surface area contributed by atoms with Gasteiger partial charge in [-0.1, -0.05) is 5.21 Å². The first-order valence-corrected chi connectivity index (χ1v) is 15.3. The minimum Gasteiger partial charge on any atom is -0.463 e. The van der Waals surface area contributed by atoms with Crippen molar-refractivity contribution >= 4 is 33.7 Å². The smallest absolute Gasteiger partial charge is 0.317 e. The molecule has 2 atom stereocenters. The number of alkyl halides is 1. The lowest BCUT2D eigenvalue weighted by Crippen LogP contribution is -2.59. The van der Waals surface area contributed by atoms with Crippen LogP contribution >= 0.6 is 11.3 Å². The molecule has 2 saturated heterocycles. The van der Waals surface area contributed by atoms with E-state index in [0.29, 0.717) is 80.2 Å². The van der Waals surface area contributed by atoms with E-state index < -0.39 is 6.17 Å². The number of aryl methyl sites for hydroxylation is 1. The summed E-state index contributed by atoms with van der Waals surface area (Å²) >= 11 is 1.52. The van der Waals surface area contributed by atoms with Crippen LogP contribution in [0.3, 0.4) is 0 Å². The number of hydrogen-bond donors (Lipinski definition) is 2. The van der Waals surface area contributed by atoms with Crippen molar-refractivity contribution in [2.24, 2.45) is 5.92 Å². The molecule has 3 N–H and O–H groups in total. The summed E-state index contributed by atoms with van der Waals surface area (Å²) in [6, 6.07) is 2.53. The molecule has 1 aliphatic carbocycles. The third-order valence-corrected chi connectivity index (χ3v) is 10.1. The second-order valence-corrected chi connectivity index (χ2v) is 12.9. The van der Waals surface area contributed by atoms with Crippen LogP contribution in [0, 0.1) is 23.8 Å². The molecule has 42 heavy (non-hydrogen) atoms. The molecule has 3 aromatic heterocycles. The molecule has 0 saturated carbocycles. The highest BCUT2D eigenvalue weighted by Gasteiger charge is 2.52. The highest BCUT2D eigenvalue weighted by atomic mass is 32.1. The Kier molecular flexibility index (Phi) is 6.83. The minimum absolute atomic E-state index is 0.0613. The topological polar surface area (TPSA) is 138 Å². The lowest BCUT2D eigenvalue weighted by Gasteiger charge is -2.50. The van der Waals surface area contributed by atoms with E-state index in [0.717, 1.165) is 43.5 Å². The van der Waals surface area contributed by atoms with Crippen LogP contribution in [-0.2, 0) is 24.9 Å². The fraction of sp³-hybridized carbons (Fsp3) is 0.571. The summed E-state index contributed by atoms with van der Waals surface area (Å²) in [5.74, 6) is 1.12. The number of aromatic nitrogens is 5. The summed E-state index contributed by atoms with van der Waals surface area (Å²) in [7, 11) is 0. The normalized spacial score (nSPS) is 22.8. The maximum absolute atomic E-state index is 14.4. The average Bonchev–Trinajstić information content (AvgIpc) is 3.66. The van der Waals surface area contributed by atoms with Crippen LogP contribution in [0.1, 0.15) is 47.4 Å². The molecule has 14 heteroatoms. The van der Waals surface area contributed by atoms with Gasteiger partial charge in [0, 0.05) is 36.5 Å². The molecule has 12 nitrogen and oxygen atoms in total. The number of halogens is 1. The molecule has 0 amide bonds. The fourth-order valence-electron chi connectivity index (χ4n) is 6.93. The first kappa shape index (κ1) is 26.9. The van der Waals surface area contributed by atoms with Crippen LogP contribution in [0.5, 0.6) is 6.01 Å². The summed E-state index contributed by atoms with van der Waals surface area (Å²) in [6.07, 6.45) is 4.91. The van der Waals surface area contributed by atoms with Gasteiger partial charge < -0.3 is 25.6 Å². The van der Waals surface area contributed by atoms with E-state index in [1.165, 1.54) is 16.2 Å². The number of nitrogens with two attached hydrogens (primary N) is 1. The van der Waals surface area contributed by atoms with Crippen LogP contribution in [0.2, 0.25) is 0 Å². The molecule has 0 bridgehead atoms.